The van der Waals surface area contributed by atoms with Crippen LogP contribution in [-0.4, -0.2) is 28.0 Å². The second-order valence-electron chi connectivity index (χ2n) is 6.56. The first-order chi connectivity index (χ1) is 14.3. The van der Waals surface area contributed by atoms with Crippen molar-refractivity contribution in [3.05, 3.63) is 82.8 Å². The summed E-state index contributed by atoms with van der Waals surface area (Å²) in [7, 11) is -2.45. The number of hydrogen-bond donors (Lipinski definition) is 1. The van der Waals surface area contributed by atoms with Crippen LogP contribution < -0.4 is 14.4 Å². The van der Waals surface area contributed by atoms with Crippen molar-refractivity contribution in [2.75, 3.05) is 23.3 Å². The average Bonchev–Trinajstić information content (AvgIpc) is 2.73. The van der Waals surface area contributed by atoms with Gasteiger partial charge in [-0.1, -0.05) is 46.3 Å². The molecule has 0 radical (unpaired) electrons. The van der Waals surface area contributed by atoms with Crippen LogP contribution in [0.15, 0.2) is 82.2 Å². The van der Waals surface area contributed by atoms with E-state index in [4.69, 9.17) is 4.74 Å². The van der Waals surface area contributed by atoms with E-state index in [2.05, 4.69) is 21.2 Å². The highest BCUT2D eigenvalue weighted by molar-refractivity contribution is 9.10. The van der Waals surface area contributed by atoms with Crippen molar-refractivity contribution in [1.82, 2.24) is 0 Å². The fourth-order valence-electron chi connectivity index (χ4n) is 2.91. The van der Waals surface area contributed by atoms with E-state index in [0.29, 0.717) is 21.6 Å². The highest BCUT2D eigenvalue weighted by Crippen LogP contribution is 2.28. The van der Waals surface area contributed by atoms with Crippen LogP contribution >= 0.6 is 15.9 Å². The number of ether oxygens (including phenoxy) is 1. The van der Waals surface area contributed by atoms with Gasteiger partial charge in [0.05, 0.1) is 23.4 Å². The molecule has 1 amide bonds. The van der Waals surface area contributed by atoms with Gasteiger partial charge in [0, 0.05) is 4.47 Å². The molecule has 8 heteroatoms. The van der Waals surface area contributed by atoms with E-state index in [-0.39, 0.29) is 4.90 Å². The fourth-order valence-corrected chi connectivity index (χ4v) is 4.73. The second kappa shape index (κ2) is 9.32. The Hall–Kier alpha value is -2.84. The molecule has 0 aromatic heterocycles. The maximum absolute atomic E-state index is 13.3. The molecule has 0 saturated heterocycles. The molecule has 6 nitrogen and oxygen atoms in total. The molecule has 0 unspecified atom stereocenters. The summed E-state index contributed by atoms with van der Waals surface area (Å²) >= 11 is 3.36. The van der Waals surface area contributed by atoms with Gasteiger partial charge >= 0.3 is 0 Å². The zero-order valence-electron chi connectivity index (χ0n) is 16.5. The molecule has 1 N–H and O–H groups in total. The van der Waals surface area contributed by atoms with E-state index in [1.165, 1.54) is 19.2 Å². The number of carbonyl (C=O) groups excluding carboxylic acids is 1. The van der Waals surface area contributed by atoms with Crippen LogP contribution in [0.4, 0.5) is 11.4 Å². The summed E-state index contributed by atoms with van der Waals surface area (Å²) < 4.78 is 33.7. The van der Waals surface area contributed by atoms with Crippen molar-refractivity contribution in [3.8, 4) is 5.75 Å². The zero-order chi connectivity index (χ0) is 21.7. The van der Waals surface area contributed by atoms with Crippen LogP contribution in [0, 0.1) is 6.92 Å². The Bertz CT molecular complexity index is 1150. The van der Waals surface area contributed by atoms with Crippen LogP contribution in [0.25, 0.3) is 0 Å². The zero-order valence-corrected chi connectivity index (χ0v) is 18.9. The number of aryl methyl sites for hydroxylation is 1. The molecule has 0 bridgehead atoms. The summed E-state index contributed by atoms with van der Waals surface area (Å²) in [5.74, 6) is 0.00672. The molecule has 0 atom stereocenters. The van der Waals surface area contributed by atoms with Gasteiger partial charge in [-0.2, -0.15) is 0 Å². The Kier molecular flexibility index (Phi) is 6.79. The van der Waals surface area contributed by atoms with E-state index < -0.39 is 22.5 Å². The molecule has 3 aromatic carbocycles. The maximum Gasteiger partial charge on any atom is 0.264 e. The van der Waals surface area contributed by atoms with Crippen molar-refractivity contribution in [2.24, 2.45) is 0 Å². The topological polar surface area (TPSA) is 75.7 Å². The minimum atomic E-state index is -3.96. The molecular formula is C22H21BrN2O4S. The highest BCUT2D eigenvalue weighted by Gasteiger charge is 2.27. The van der Waals surface area contributed by atoms with Crippen molar-refractivity contribution in [1.29, 1.82) is 0 Å². The lowest BCUT2D eigenvalue weighted by atomic mass is 10.2. The lowest BCUT2D eigenvalue weighted by Crippen LogP contribution is -2.38. The third kappa shape index (κ3) is 5.01. The van der Waals surface area contributed by atoms with E-state index in [9.17, 15) is 13.2 Å². The van der Waals surface area contributed by atoms with Crippen molar-refractivity contribution >= 4 is 43.2 Å². The summed E-state index contributed by atoms with van der Waals surface area (Å²) in [4.78, 5) is 13.0. The second-order valence-corrected chi connectivity index (χ2v) is 9.33. The lowest BCUT2D eigenvalue weighted by molar-refractivity contribution is -0.114. The molecule has 30 heavy (non-hydrogen) atoms. The van der Waals surface area contributed by atoms with Gasteiger partial charge in [-0.3, -0.25) is 9.10 Å². The number of rotatable bonds is 7. The minimum Gasteiger partial charge on any atom is -0.495 e. The molecule has 0 aliphatic carbocycles. The summed E-state index contributed by atoms with van der Waals surface area (Å²) in [5.41, 5.74) is 1.79. The Morgan fingerprint density at radius 2 is 1.77 bits per heavy atom. The lowest BCUT2D eigenvalue weighted by Gasteiger charge is -2.24. The molecule has 3 aromatic rings. The van der Waals surface area contributed by atoms with Crippen LogP contribution in [0.2, 0.25) is 0 Å². The Morgan fingerprint density at radius 3 is 2.43 bits per heavy atom. The number of hydrogen-bond acceptors (Lipinski definition) is 4. The average molecular weight is 489 g/mol. The van der Waals surface area contributed by atoms with Crippen molar-refractivity contribution in [2.45, 2.75) is 11.8 Å². The quantitative estimate of drug-likeness (QED) is 0.527. The van der Waals surface area contributed by atoms with Crippen LogP contribution in [-0.2, 0) is 14.8 Å². The number of sulfonamides is 1. The molecule has 0 aliphatic heterocycles. The normalized spacial score (nSPS) is 11.0. The third-order valence-electron chi connectivity index (χ3n) is 4.34. The number of nitrogens with zero attached hydrogens (tertiary/aromatic N) is 1. The number of benzene rings is 3. The summed E-state index contributed by atoms with van der Waals surface area (Å²) in [6, 6.07) is 20.2. The van der Waals surface area contributed by atoms with Crippen LogP contribution in [0.3, 0.4) is 0 Å². The van der Waals surface area contributed by atoms with Gasteiger partial charge in [0.2, 0.25) is 5.91 Å². The molecule has 3 rings (SSSR count). The Morgan fingerprint density at radius 1 is 1.03 bits per heavy atom. The van der Waals surface area contributed by atoms with Gasteiger partial charge in [0.25, 0.3) is 10.0 Å². The van der Waals surface area contributed by atoms with E-state index >= 15 is 0 Å². The third-order valence-corrected chi connectivity index (χ3v) is 6.62. The molecule has 156 valence electrons. The number of amides is 1. The Balaban J connectivity index is 1.96. The van der Waals surface area contributed by atoms with Crippen molar-refractivity contribution in [3.63, 3.8) is 0 Å². The van der Waals surface area contributed by atoms with E-state index in [1.807, 2.05) is 13.0 Å². The summed E-state index contributed by atoms with van der Waals surface area (Å²) in [6.07, 6.45) is 0. The number of methoxy groups -OCH3 is 1. The van der Waals surface area contributed by atoms with Gasteiger partial charge in [-0.15, -0.1) is 0 Å². The van der Waals surface area contributed by atoms with Gasteiger partial charge < -0.3 is 10.1 Å². The first kappa shape index (κ1) is 21.9. The fraction of sp³-hybridized carbons (Fsp3) is 0.136. The predicted octanol–water partition coefficient (Wildman–Crippen LogP) is 4.60. The highest BCUT2D eigenvalue weighted by atomic mass is 79.9. The monoisotopic (exact) mass is 488 g/mol. The number of anilines is 2. The molecule has 0 heterocycles. The van der Waals surface area contributed by atoms with Gasteiger partial charge in [-0.25, -0.2) is 8.42 Å². The largest absolute Gasteiger partial charge is 0.495 e. The maximum atomic E-state index is 13.3. The molecular weight excluding hydrogens is 468 g/mol. The first-order valence-electron chi connectivity index (χ1n) is 9.09. The van der Waals surface area contributed by atoms with Gasteiger partial charge in [-0.05, 0) is 55.0 Å². The van der Waals surface area contributed by atoms with Gasteiger partial charge in [0.15, 0.2) is 0 Å². The molecule has 0 aliphatic rings. The van der Waals surface area contributed by atoms with Crippen LogP contribution in [0.5, 0.6) is 5.75 Å². The van der Waals surface area contributed by atoms with E-state index in [0.717, 1.165) is 9.87 Å². The van der Waals surface area contributed by atoms with Crippen LogP contribution in [0.1, 0.15) is 5.56 Å². The van der Waals surface area contributed by atoms with E-state index in [1.54, 1.807) is 54.6 Å². The predicted molar refractivity (Wildman–Crippen MR) is 121 cm³/mol. The smallest absolute Gasteiger partial charge is 0.264 e. The minimum absolute atomic E-state index is 0.103. The van der Waals surface area contributed by atoms with Gasteiger partial charge in [0.1, 0.15) is 12.3 Å². The summed E-state index contributed by atoms with van der Waals surface area (Å²) in [6.45, 7) is 1.49. The molecule has 0 saturated carbocycles. The van der Waals surface area contributed by atoms with Crippen molar-refractivity contribution < 1.29 is 17.9 Å². The standard InChI is InChI=1S/C22H21BrN2O4S/c1-16-11-12-21(29-2)20(13-16)24-22(26)15-25(18-8-6-7-17(23)14-18)30(27,28)19-9-4-3-5-10-19/h3-14H,15H2,1-2H3,(H,24,26). The number of halogens is 1. The first-order valence-corrected chi connectivity index (χ1v) is 11.3. The molecule has 0 spiro atoms. The summed E-state index contributed by atoms with van der Waals surface area (Å²) in [5, 5.41) is 2.76. The number of carbonyl (C=O) groups is 1. The SMILES string of the molecule is COc1ccc(C)cc1NC(=O)CN(c1cccc(Br)c1)S(=O)(=O)c1ccccc1. The number of nitrogens with one attached hydrogen (secondary N) is 1. The molecule has 0 fully saturated rings. The Labute approximate surface area is 184 Å².